The highest BCUT2D eigenvalue weighted by atomic mass is 35.5. The van der Waals surface area contributed by atoms with E-state index in [1.807, 2.05) is 12.1 Å². The molecule has 0 bridgehead atoms. The first kappa shape index (κ1) is 15.2. The summed E-state index contributed by atoms with van der Waals surface area (Å²) < 4.78 is 0. The van der Waals surface area contributed by atoms with Crippen LogP contribution in [0.2, 0.25) is 5.02 Å². The third-order valence-corrected chi connectivity index (χ3v) is 3.48. The molecule has 2 N–H and O–H groups in total. The van der Waals surface area contributed by atoms with Gasteiger partial charge in [0.1, 0.15) is 5.82 Å². The predicted molar refractivity (Wildman–Crippen MR) is 87.1 cm³/mol. The van der Waals surface area contributed by atoms with Crippen LogP contribution < -0.4 is 5.32 Å². The molecule has 0 aliphatic heterocycles. The Labute approximate surface area is 137 Å². The molecule has 0 spiro atoms. The maximum atomic E-state index is 11.9. The van der Waals surface area contributed by atoms with Gasteiger partial charge in [0.15, 0.2) is 5.82 Å². The standard InChI is InChI=1S/C16H14ClN5O/c17-13-3-1-11(2-4-13)15-20-14(21-22-15)7-10-19-16(23)12-5-8-18-9-6-12/h1-6,8-9H,7,10H2,(H,19,23)(H,20,21,22). The third-order valence-electron chi connectivity index (χ3n) is 3.22. The molecule has 0 aliphatic rings. The van der Waals surface area contributed by atoms with Gasteiger partial charge < -0.3 is 5.32 Å². The van der Waals surface area contributed by atoms with Crippen molar-refractivity contribution in [2.75, 3.05) is 6.54 Å². The summed E-state index contributed by atoms with van der Waals surface area (Å²) in [5.74, 6) is 1.19. The summed E-state index contributed by atoms with van der Waals surface area (Å²) in [4.78, 5) is 20.2. The summed E-state index contributed by atoms with van der Waals surface area (Å²) in [6.45, 7) is 0.469. The zero-order chi connectivity index (χ0) is 16.1. The second-order valence-corrected chi connectivity index (χ2v) is 5.29. The fraction of sp³-hybridized carbons (Fsp3) is 0.125. The number of carbonyl (C=O) groups excluding carboxylic acids is 1. The van der Waals surface area contributed by atoms with E-state index in [0.717, 1.165) is 5.56 Å². The van der Waals surface area contributed by atoms with Crippen LogP contribution in [-0.2, 0) is 6.42 Å². The predicted octanol–water partition coefficient (Wildman–Crippen LogP) is 2.49. The molecule has 3 rings (SSSR count). The minimum absolute atomic E-state index is 0.134. The smallest absolute Gasteiger partial charge is 0.251 e. The summed E-state index contributed by atoms with van der Waals surface area (Å²) in [6, 6.07) is 10.6. The Morgan fingerprint density at radius 1 is 1.13 bits per heavy atom. The first-order valence-electron chi connectivity index (χ1n) is 7.08. The second kappa shape index (κ2) is 7.02. The number of halogens is 1. The van der Waals surface area contributed by atoms with Crippen LogP contribution in [-0.4, -0.2) is 32.6 Å². The Bertz CT molecular complexity index is 786. The minimum Gasteiger partial charge on any atom is -0.352 e. The van der Waals surface area contributed by atoms with E-state index in [9.17, 15) is 4.79 Å². The molecule has 1 aromatic carbocycles. The lowest BCUT2D eigenvalue weighted by Gasteiger charge is -2.03. The molecule has 7 heteroatoms. The summed E-state index contributed by atoms with van der Waals surface area (Å²) in [7, 11) is 0. The summed E-state index contributed by atoms with van der Waals surface area (Å²) >= 11 is 5.86. The van der Waals surface area contributed by atoms with Crippen molar-refractivity contribution in [2.24, 2.45) is 0 Å². The molecule has 6 nitrogen and oxygen atoms in total. The van der Waals surface area contributed by atoms with E-state index in [2.05, 4.69) is 25.5 Å². The Balaban J connectivity index is 1.55. The summed E-state index contributed by atoms with van der Waals surface area (Å²) in [6.07, 6.45) is 3.74. The van der Waals surface area contributed by atoms with Crippen molar-refractivity contribution in [2.45, 2.75) is 6.42 Å². The van der Waals surface area contributed by atoms with Crippen molar-refractivity contribution >= 4 is 17.5 Å². The molecule has 0 radical (unpaired) electrons. The molecule has 3 aromatic rings. The van der Waals surface area contributed by atoms with Gasteiger partial charge in [-0.15, -0.1) is 0 Å². The zero-order valence-electron chi connectivity index (χ0n) is 12.2. The average molecular weight is 328 g/mol. The Morgan fingerprint density at radius 3 is 2.61 bits per heavy atom. The van der Waals surface area contributed by atoms with Crippen molar-refractivity contribution in [1.29, 1.82) is 0 Å². The van der Waals surface area contributed by atoms with Gasteiger partial charge in [0.25, 0.3) is 5.91 Å². The fourth-order valence-corrected chi connectivity index (χ4v) is 2.16. The molecule has 116 valence electrons. The number of benzene rings is 1. The number of aromatic amines is 1. The van der Waals surface area contributed by atoms with E-state index in [4.69, 9.17) is 11.6 Å². The van der Waals surface area contributed by atoms with Crippen molar-refractivity contribution in [3.05, 3.63) is 65.2 Å². The highest BCUT2D eigenvalue weighted by Crippen LogP contribution is 2.17. The second-order valence-electron chi connectivity index (χ2n) is 4.85. The first-order chi connectivity index (χ1) is 11.2. The third kappa shape index (κ3) is 3.92. The quantitative estimate of drug-likeness (QED) is 0.754. The van der Waals surface area contributed by atoms with Gasteiger partial charge in [-0.1, -0.05) is 11.6 Å². The minimum atomic E-state index is -0.134. The monoisotopic (exact) mass is 327 g/mol. The SMILES string of the molecule is O=C(NCCc1nc(-c2ccc(Cl)cc2)n[nH]1)c1ccncc1. The molecular formula is C16H14ClN5O. The van der Waals surface area contributed by atoms with Crippen molar-refractivity contribution < 1.29 is 4.79 Å². The number of hydrogen-bond acceptors (Lipinski definition) is 4. The van der Waals surface area contributed by atoms with Crippen LogP contribution in [0.4, 0.5) is 0 Å². The number of amides is 1. The van der Waals surface area contributed by atoms with Gasteiger partial charge in [-0.2, -0.15) is 5.10 Å². The van der Waals surface area contributed by atoms with Crippen LogP contribution in [0.5, 0.6) is 0 Å². The number of nitrogens with one attached hydrogen (secondary N) is 2. The molecule has 0 fully saturated rings. The number of rotatable bonds is 5. The number of H-pyrrole nitrogens is 1. The lowest BCUT2D eigenvalue weighted by molar-refractivity contribution is 0.0954. The summed E-state index contributed by atoms with van der Waals surface area (Å²) in [5, 5.41) is 10.6. The normalized spacial score (nSPS) is 10.5. The summed E-state index contributed by atoms with van der Waals surface area (Å²) in [5.41, 5.74) is 1.47. The van der Waals surface area contributed by atoms with Crippen LogP contribution in [0.3, 0.4) is 0 Å². The van der Waals surface area contributed by atoms with Crippen LogP contribution >= 0.6 is 11.6 Å². The van der Waals surface area contributed by atoms with Gasteiger partial charge >= 0.3 is 0 Å². The van der Waals surface area contributed by atoms with E-state index in [0.29, 0.717) is 35.2 Å². The molecule has 1 amide bonds. The maximum Gasteiger partial charge on any atom is 0.251 e. The van der Waals surface area contributed by atoms with Gasteiger partial charge in [0, 0.05) is 41.5 Å². The highest BCUT2D eigenvalue weighted by Gasteiger charge is 2.07. The van der Waals surface area contributed by atoms with E-state index in [1.54, 1.807) is 36.7 Å². The Morgan fingerprint density at radius 2 is 1.87 bits per heavy atom. The molecular weight excluding hydrogens is 314 g/mol. The molecule has 2 heterocycles. The van der Waals surface area contributed by atoms with Crippen LogP contribution in [0.15, 0.2) is 48.8 Å². The number of carbonyl (C=O) groups is 1. The van der Waals surface area contributed by atoms with E-state index >= 15 is 0 Å². The van der Waals surface area contributed by atoms with Gasteiger partial charge in [-0.25, -0.2) is 4.98 Å². The van der Waals surface area contributed by atoms with Gasteiger partial charge in [0.2, 0.25) is 0 Å². The lowest BCUT2D eigenvalue weighted by atomic mass is 10.2. The molecule has 0 unspecified atom stereocenters. The maximum absolute atomic E-state index is 11.9. The van der Waals surface area contributed by atoms with Crippen molar-refractivity contribution in [3.8, 4) is 11.4 Å². The van der Waals surface area contributed by atoms with E-state index in [-0.39, 0.29) is 5.91 Å². The highest BCUT2D eigenvalue weighted by molar-refractivity contribution is 6.30. The van der Waals surface area contributed by atoms with Crippen LogP contribution in [0.25, 0.3) is 11.4 Å². The zero-order valence-corrected chi connectivity index (χ0v) is 12.9. The lowest BCUT2D eigenvalue weighted by Crippen LogP contribution is -2.25. The van der Waals surface area contributed by atoms with Crippen LogP contribution in [0.1, 0.15) is 16.2 Å². The van der Waals surface area contributed by atoms with Gasteiger partial charge in [-0.05, 0) is 36.4 Å². The van der Waals surface area contributed by atoms with E-state index in [1.165, 1.54) is 0 Å². The van der Waals surface area contributed by atoms with Gasteiger partial charge in [0.05, 0.1) is 0 Å². The average Bonchev–Trinajstić information content (AvgIpc) is 3.05. The molecule has 0 aliphatic carbocycles. The van der Waals surface area contributed by atoms with E-state index < -0.39 is 0 Å². The number of nitrogens with zero attached hydrogens (tertiary/aromatic N) is 3. The van der Waals surface area contributed by atoms with Crippen LogP contribution in [0, 0.1) is 0 Å². The molecule has 0 saturated heterocycles. The topological polar surface area (TPSA) is 83.6 Å². The number of pyridine rings is 1. The molecule has 0 saturated carbocycles. The molecule has 23 heavy (non-hydrogen) atoms. The first-order valence-corrected chi connectivity index (χ1v) is 7.45. The largest absolute Gasteiger partial charge is 0.352 e. The van der Waals surface area contributed by atoms with Crippen molar-refractivity contribution in [1.82, 2.24) is 25.5 Å². The fourth-order valence-electron chi connectivity index (χ4n) is 2.03. The Kier molecular flexibility index (Phi) is 4.63. The Hall–Kier alpha value is -2.73. The van der Waals surface area contributed by atoms with Crippen molar-refractivity contribution in [3.63, 3.8) is 0 Å². The number of aromatic nitrogens is 4. The molecule has 0 atom stereocenters. The van der Waals surface area contributed by atoms with Gasteiger partial charge in [-0.3, -0.25) is 14.9 Å². The number of hydrogen-bond donors (Lipinski definition) is 2. The molecule has 2 aromatic heterocycles.